The number of rotatable bonds is 6. The SMILES string of the molecule is O=[N+]([O-])c1ccccc1C[NH2+]CCc1ccc(Cl)cc1Cl. The standard InChI is InChI=1S/C15H14Cl2N2O2/c16-13-6-5-11(14(17)9-13)7-8-18-10-12-3-1-2-4-15(12)19(20)21/h1-6,9,18H,7-8,10H2/p+1. The van der Waals surface area contributed by atoms with Crippen molar-refractivity contribution in [3.8, 4) is 0 Å². The second-order valence-corrected chi connectivity index (χ2v) is 5.50. The minimum atomic E-state index is -0.348. The van der Waals surface area contributed by atoms with Crippen molar-refractivity contribution in [3.05, 3.63) is 73.8 Å². The monoisotopic (exact) mass is 325 g/mol. The summed E-state index contributed by atoms with van der Waals surface area (Å²) in [5.41, 5.74) is 1.92. The maximum absolute atomic E-state index is 10.9. The third kappa shape index (κ3) is 4.43. The van der Waals surface area contributed by atoms with Crippen molar-refractivity contribution >= 4 is 28.9 Å². The van der Waals surface area contributed by atoms with Crippen LogP contribution in [0.25, 0.3) is 0 Å². The molecule has 0 unspecified atom stereocenters. The summed E-state index contributed by atoms with van der Waals surface area (Å²) in [4.78, 5) is 10.6. The molecule has 2 N–H and O–H groups in total. The lowest BCUT2D eigenvalue weighted by Crippen LogP contribution is -2.83. The van der Waals surface area contributed by atoms with Crippen LogP contribution >= 0.6 is 23.2 Å². The molecule has 0 aliphatic heterocycles. The van der Waals surface area contributed by atoms with Gasteiger partial charge in [0.15, 0.2) is 0 Å². The van der Waals surface area contributed by atoms with E-state index in [1.54, 1.807) is 18.2 Å². The highest BCUT2D eigenvalue weighted by molar-refractivity contribution is 6.35. The van der Waals surface area contributed by atoms with Crippen molar-refractivity contribution in [3.63, 3.8) is 0 Å². The molecule has 0 atom stereocenters. The zero-order valence-corrected chi connectivity index (χ0v) is 12.8. The Labute approximate surface area is 132 Å². The Morgan fingerprint density at radius 1 is 1.10 bits per heavy atom. The molecule has 0 aliphatic carbocycles. The summed E-state index contributed by atoms with van der Waals surface area (Å²) < 4.78 is 0. The molecule has 2 aromatic rings. The van der Waals surface area contributed by atoms with E-state index in [9.17, 15) is 10.1 Å². The number of hydrogen-bond donors (Lipinski definition) is 1. The van der Waals surface area contributed by atoms with Crippen molar-refractivity contribution in [1.82, 2.24) is 0 Å². The van der Waals surface area contributed by atoms with Crippen molar-refractivity contribution in [2.24, 2.45) is 0 Å². The van der Waals surface area contributed by atoms with E-state index >= 15 is 0 Å². The molecule has 21 heavy (non-hydrogen) atoms. The summed E-state index contributed by atoms with van der Waals surface area (Å²) in [6.45, 7) is 1.37. The molecular formula is C15H15Cl2N2O2+. The Bertz CT molecular complexity index is 647. The van der Waals surface area contributed by atoms with Gasteiger partial charge in [-0.15, -0.1) is 0 Å². The summed E-state index contributed by atoms with van der Waals surface area (Å²) in [6, 6.07) is 12.2. The highest BCUT2D eigenvalue weighted by Crippen LogP contribution is 2.21. The zero-order chi connectivity index (χ0) is 15.2. The van der Waals surface area contributed by atoms with Gasteiger partial charge in [-0.2, -0.15) is 0 Å². The topological polar surface area (TPSA) is 59.8 Å². The Hall–Kier alpha value is -1.62. The summed E-state index contributed by atoms with van der Waals surface area (Å²) >= 11 is 12.0. The first-order chi connectivity index (χ1) is 10.1. The molecule has 0 bridgehead atoms. The van der Waals surface area contributed by atoms with E-state index in [2.05, 4.69) is 0 Å². The molecule has 0 spiro atoms. The Balaban J connectivity index is 1.89. The number of quaternary nitrogens is 1. The molecule has 2 rings (SSSR count). The largest absolute Gasteiger partial charge is 0.342 e. The van der Waals surface area contributed by atoms with Gasteiger partial charge in [0.1, 0.15) is 6.54 Å². The first kappa shape index (κ1) is 15.8. The second kappa shape index (κ2) is 7.41. The maximum atomic E-state index is 10.9. The van der Waals surface area contributed by atoms with Gasteiger partial charge < -0.3 is 5.32 Å². The molecule has 0 heterocycles. The van der Waals surface area contributed by atoms with E-state index in [1.807, 2.05) is 23.5 Å². The number of benzene rings is 2. The molecule has 0 amide bonds. The van der Waals surface area contributed by atoms with Gasteiger partial charge in [0.25, 0.3) is 5.69 Å². The van der Waals surface area contributed by atoms with Crippen molar-refractivity contribution < 1.29 is 10.2 Å². The highest BCUT2D eigenvalue weighted by atomic mass is 35.5. The Morgan fingerprint density at radius 2 is 1.86 bits per heavy atom. The normalized spacial score (nSPS) is 10.6. The van der Waals surface area contributed by atoms with Gasteiger partial charge >= 0.3 is 0 Å². The van der Waals surface area contributed by atoms with Gasteiger partial charge in [0.05, 0.1) is 17.0 Å². The molecule has 0 fully saturated rings. The van der Waals surface area contributed by atoms with Crippen LogP contribution in [-0.4, -0.2) is 11.5 Å². The first-order valence-electron chi connectivity index (χ1n) is 6.56. The van der Waals surface area contributed by atoms with E-state index in [-0.39, 0.29) is 10.6 Å². The predicted molar refractivity (Wildman–Crippen MR) is 83.8 cm³/mol. The van der Waals surface area contributed by atoms with Crippen LogP contribution in [-0.2, 0) is 13.0 Å². The molecule has 0 saturated heterocycles. The average Bonchev–Trinajstić information content (AvgIpc) is 2.45. The summed E-state index contributed by atoms with van der Waals surface area (Å²) in [5.74, 6) is 0. The van der Waals surface area contributed by atoms with Crippen LogP contribution in [0.5, 0.6) is 0 Å². The van der Waals surface area contributed by atoms with E-state index in [4.69, 9.17) is 23.2 Å². The minimum absolute atomic E-state index is 0.165. The lowest BCUT2D eigenvalue weighted by atomic mass is 10.1. The molecule has 6 heteroatoms. The molecule has 0 aliphatic rings. The quantitative estimate of drug-likeness (QED) is 0.503. The van der Waals surface area contributed by atoms with Gasteiger partial charge in [-0.1, -0.05) is 41.4 Å². The smallest absolute Gasteiger partial charge is 0.278 e. The fourth-order valence-corrected chi connectivity index (χ4v) is 2.60. The third-order valence-corrected chi connectivity index (χ3v) is 3.77. The molecular weight excluding hydrogens is 311 g/mol. The fourth-order valence-electron chi connectivity index (χ4n) is 2.10. The van der Waals surface area contributed by atoms with Crippen LogP contribution in [0.1, 0.15) is 11.1 Å². The molecule has 2 aromatic carbocycles. The average molecular weight is 326 g/mol. The van der Waals surface area contributed by atoms with Gasteiger partial charge in [0.2, 0.25) is 0 Å². The summed E-state index contributed by atoms with van der Waals surface area (Å²) in [5, 5.41) is 14.2. The van der Waals surface area contributed by atoms with Crippen LogP contribution in [0.3, 0.4) is 0 Å². The predicted octanol–water partition coefficient (Wildman–Crippen LogP) is 3.21. The van der Waals surface area contributed by atoms with Crippen molar-refractivity contribution in [2.45, 2.75) is 13.0 Å². The van der Waals surface area contributed by atoms with Crippen LogP contribution in [0.15, 0.2) is 42.5 Å². The molecule has 0 saturated carbocycles. The number of nitrogens with two attached hydrogens (primary N) is 1. The van der Waals surface area contributed by atoms with Crippen LogP contribution in [0.4, 0.5) is 5.69 Å². The molecule has 0 radical (unpaired) electrons. The van der Waals surface area contributed by atoms with Gasteiger partial charge in [-0.25, -0.2) is 0 Å². The number of nitrogens with zero attached hydrogens (tertiary/aromatic N) is 1. The van der Waals surface area contributed by atoms with Gasteiger partial charge in [0, 0.05) is 22.5 Å². The Kier molecular flexibility index (Phi) is 5.56. The third-order valence-electron chi connectivity index (χ3n) is 3.19. The highest BCUT2D eigenvalue weighted by Gasteiger charge is 2.13. The molecule has 110 valence electrons. The van der Waals surface area contributed by atoms with E-state index in [1.165, 1.54) is 6.07 Å². The summed E-state index contributed by atoms with van der Waals surface area (Å²) in [6.07, 6.45) is 0.788. The summed E-state index contributed by atoms with van der Waals surface area (Å²) in [7, 11) is 0. The molecule has 4 nitrogen and oxygen atoms in total. The van der Waals surface area contributed by atoms with Crippen LogP contribution in [0.2, 0.25) is 10.0 Å². The zero-order valence-electron chi connectivity index (χ0n) is 11.3. The van der Waals surface area contributed by atoms with Crippen LogP contribution in [0, 0.1) is 10.1 Å². The first-order valence-corrected chi connectivity index (χ1v) is 7.31. The van der Waals surface area contributed by atoms with Gasteiger partial charge in [-0.05, 0) is 23.8 Å². The number of nitro groups is 1. The Morgan fingerprint density at radius 3 is 2.57 bits per heavy atom. The van der Waals surface area contributed by atoms with Crippen LogP contribution < -0.4 is 5.32 Å². The molecule has 0 aromatic heterocycles. The van der Waals surface area contributed by atoms with E-state index in [0.29, 0.717) is 16.6 Å². The number of halogens is 2. The number of nitro benzene ring substituents is 1. The second-order valence-electron chi connectivity index (χ2n) is 4.65. The fraction of sp³-hybridized carbons (Fsp3) is 0.200. The maximum Gasteiger partial charge on any atom is 0.278 e. The lowest BCUT2D eigenvalue weighted by molar-refractivity contribution is -0.670. The number of hydrogen-bond acceptors (Lipinski definition) is 2. The van der Waals surface area contributed by atoms with E-state index in [0.717, 1.165) is 24.1 Å². The van der Waals surface area contributed by atoms with E-state index < -0.39 is 0 Å². The minimum Gasteiger partial charge on any atom is -0.342 e. The van der Waals surface area contributed by atoms with Crippen molar-refractivity contribution in [1.29, 1.82) is 0 Å². The number of para-hydroxylation sites is 1. The van der Waals surface area contributed by atoms with Crippen molar-refractivity contribution in [2.75, 3.05) is 6.54 Å². The van der Waals surface area contributed by atoms with Gasteiger partial charge in [-0.3, -0.25) is 10.1 Å². The lowest BCUT2D eigenvalue weighted by Gasteiger charge is -2.05.